The number of aromatic nitrogens is 2. The highest BCUT2D eigenvalue weighted by Gasteiger charge is 2.24. The molecule has 8 heteroatoms. The molecule has 1 saturated heterocycles. The predicted octanol–water partition coefficient (Wildman–Crippen LogP) is 8.36. The molecule has 0 amide bonds. The van der Waals surface area contributed by atoms with Crippen LogP contribution in [0, 0.1) is 0 Å². The predicted molar refractivity (Wildman–Crippen MR) is 170 cm³/mol. The number of fused-ring (bicyclic) bond motifs is 1. The van der Waals surface area contributed by atoms with Crippen molar-refractivity contribution < 1.29 is 4.79 Å². The van der Waals surface area contributed by atoms with Crippen molar-refractivity contribution in [1.82, 2.24) is 14.9 Å². The van der Waals surface area contributed by atoms with Crippen molar-refractivity contribution in [3.8, 4) is 11.1 Å². The van der Waals surface area contributed by atoms with Crippen LogP contribution < -0.4 is 10.2 Å². The van der Waals surface area contributed by atoms with Crippen molar-refractivity contribution in [2.45, 2.75) is 33.2 Å². The quantitative estimate of drug-likeness (QED) is 0.223. The second kappa shape index (κ2) is 12.8. The molecule has 6 nitrogen and oxygen atoms in total. The Morgan fingerprint density at radius 1 is 1.05 bits per heavy atom. The monoisotopic (exact) mass is 575 g/mol. The highest BCUT2D eigenvalue weighted by Crippen LogP contribution is 2.37. The van der Waals surface area contributed by atoms with Gasteiger partial charge in [-0.15, -0.1) is 0 Å². The first-order valence-corrected chi connectivity index (χ1v) is 14.2. The molecule has 0 saturated carbocycles. The number of rotatable bonds is 7. The van der Waals surface area contributed by atoms with Gasteiger partial charge in [-0.25, -0.2) is 4.98 Å². The van der Waals surface area contributed by atoms with Crippen LogP contribution in [0.3, 0.4) is 0 Å². The number of carbonyl (C=O) groups is 1. The lowest BCUT2D eigenvalue weighted by Gasteiger charge is -2.21. The first-order chi connectivity index (χ1) is 19.2. The highest BCUT2D eigenvalue weighted by molar-refractivity contribution is 6.39. The van der Waals surface area contributed by atoms with Gasteiger partial charge in [0.2, 0.25) is 0 Å². The molecule has 1 unspecified atom stereocenters. The van der Waals surface area contributed by atoms with E-state index >= 15 is 0 Å². The first kappa shape index (κ1) is 29.5. The molecule has 1 fully saturated rings. The topological polar surface area (TPSA) is 61.4 Å². The molecule has 5 rings (SSSR count). The molecule has 0 spiro atoms. The second-order valence-corrected chi connectivity index (χ2v) is 10.7. The number of aldehydes is 1. The number of likely N-dealkylation sites (N-methyl/N-ethyl adjacent to an activating group) is 1. The molecule has 2 aromatic carbocycles. The van der Waals surface area contributed by atoms with Gasteiger partial charge in [0, 0.05) is 36.3 Å². The average molecular weight is 577 g/mol. The minimum atomic E-state index is 0.286. The van der Waals surface area contributed by atoms with Gasteiger partial charge >= 0.3 is 0 Å². The maximum absolute atomic E-state index is 11.3. The minimum absolute atomic E-state index is 0.286. The Hall–Kier alpha value is -3.45. The third-order valence-corrected chi connectivity index (χ3v) is 7.72. The Kier molecular flexibility index (Phi) is 9.46. The number of hydrogen-bond acceptors (Lipinski definition) is 6. The fourth-order valence-electron chi connectivity index (χ4n) is 4.86. The van der Waals surface area contributed by atoms with E-state index in [4.69, 9.17) is 28.2 Å². The van der Waals surface area contributed by atoms with Crippen LogP contribution in [0.5, 0.6) is 0 Å². The van der Waals surface area contributed by atoms with Crippen molar-refractivity contribution in [2.75, 3.05) is 37.4 Å². The Balaban J connectivity index is 0.00000181. The number of halogens is 2. The number of hydrogen-bond donors (Lipinski definition) is 1. The lowest BCUT2D eigenvalue weighted by molar-refractivity contribution is 0.112. The summed E-state index contributed by atoms with van der Waals surface area (Å²) in [5.74, 6) is 0.981. The SMILES string of the molecule is C=C(C)c1cnc2ccc(-c3cc(Cl)c(C=O)c(Cl)c3)cc2c1Nc1ccc(N2CCC(N(C)C)C2)nc1.CC. The van der Waals surface area contributed by atoms with E-state index in [1.54, 1.807) is 12.1 Å². The van der Waals surface area contributed by atoms with Crippen molar-refractivity contribution in [3.05, 3.63) is 82.6 Å². The van der Waals surface area contributed by atoms with E-state index in [-0.39, 0.29) is 5.56 Å². The van der Waals surface area contributed by atoms with E-state index in [1.165, 1.54) is 0 Å². The Morgan fingerprint density at radius 2 is 1.77 bits per heavy atom. The zero-order valence-electron chi connectivity index (χ0n) is 23.6. The van der Waals surface area contributed by atoms with Crippen LogP contribution in [0.4, 0.5) is 17.2 Å². The van der Waals surface area contributed by atoms with Gasteiger partial charge < -0.3 is 15.1 Å². The molecular formula is C32H35Cl2N5O. The summed E-state index contributed by atoms with van der Waals surface area (Å²) in [5, 5.41) is 5.13. The summed E-state index contributed by atoms with van der Waals surface area (Å²) in [4.78, 5) is 25.3. The van der Waals surface area contributed by atoms with Crippen LogP contribution in [-0.4, -0.2) is 54.4 Å². The lowest BCUT2D eigenvalue weighted by atomic mass is 9.99. The third kappa shape index (κ3) is 6.15. The fourth-order valence-corrected chi connectivity index (χ4v) is 5.43. The largest absolute Gasteiger partial charge is 0.355 e. The highest BCUT2D eigenvalue weighted by atomic mass is 35.5. The van der Waals surface area contributed by atoms with Crippen LogP contribution in [0.25, 0.3) is 27.6 Å². The van der Waals surface area contributed by atoms with Crippen molar-refractivity contribution in [2.24, 2.45) is 0 Å². The van der Waals surface area contributed by atoms with Gasteiger partial charge in [-0.3, -0.25) is 9.78 Å². The van der Waals surface area contributed by atoms with Gasteiger partial charge in [-0.1, -0.05) is 49.7 Å². The molecule has 2 aromatic heterocycles. The van der Waals surface area contributed by atoms with Gasteiger partial charge in [-0.05, 0) is 80.5 Å². The number of allylic oxidation sites excluding steroid dienone is 1. The molecule has 3 heterocycles. The van der Waals surface area contributed by atoms with Crippen molar-refractivity contribution in [3.63, 3.8) is 0 Å². The van der Waals surface area contributed by atoms with E-state index < -0.39 is 0 Å². The smallest absolute Gasteiger partial charge is 0.153 e. The summed E-state index contributed by atoms with van der Waals surface area (Å²) in [6.45, 7) is 12.1. The zero-order valence-corrected chi connectivity index (χ0v) is 25.1. The van der Waals surface area contributed by atoms with Gasteiger partial charge in [0.25, 0.3) is 0 Å². The standard InChI is InChI=1S/C30H29Cl2N5O.C2H6/c1-18(2)24-15-33-28-7-5-19(20-12-26(31)25(17-38)27(32)13-20)11-23(28)30(24)35-21-6-8-29(34-14-21)37-10-9-22(16-37)36(3)4;1-2/h5-8,11-15,17,22H,1,9-10,16H2,2-4H3,(H,33,35);1-2H3. The van der Waals surface area contributed by atoms with Crippen LogP contribution in [-0.2, 0) is 0 Å². The number of benzene rings is 2. The zero-order chi connectivity index (χ0) is 29.0. The average Bonchev–Trinajstić information content (AvgIpc) is 3.45. The van der Waals surface area contributed by atoms with E-state index in [2.05, 4.69) is 52.9 Å². The van der Waals surface area contributed by atoms with Crippen LogP contribution in [0.15, 0.2) is 61.4 Å². The van der Waals surface area contributed by atoms with Crippen molar-refractivity contribution >= 4 is 63.2 Å². The molecule has 0 radical (unpaired) electrons. The van der Waals surface area contributed by atoms with Gasteiger partial charge in [0.1, 0.15) is 5.82 Å². The summed E-state index contributed by atoms with van der Waals surface area (Å²) in [5.41, 5.74) is 6.41. The van der Waals surface area contributed by atoms with E-state index in [0.29, 0.717) is 22.4 Å². The molecular weight excluding hydrogens is 541 g/mol. The van der Waals surface area contributed by atoms with E-state index in [9.17, 15) is 4.79 Å². The maximum Gasteiger partial charge on any atom is 0.153 e. The number of pyridine rings is 2. The number of nitrogens with one attached hydrogen (secondary N) is 1. The van der Waals surface area contributed by atoms with E-state index in [1.807, 2.05) is 51.4 Å². The van der Waals surface area contributed by atoms with Gasteiger partial charge in [0.15, 0.2) is 6.29 Å². The summed E-state index contributed by atoms with van der Waals surface area (Å²) in [6.07, 6.45) is 5.51. The number of carbonyl (C=O) groups excluding carboxylic acids is 1. The van der Waals surface area contributed by atoms with Gasteiger partial charge in [-0.2, -0.15) is 0 Å². The lowest BCUT2D eigenvalue weighted by Crippen LogP contribution is -2.31. The Labute approximate surface area is 246 Å². The normalized spacial score (nSPS) is 14.7. The fraction of sp³-hybridized carbons (Fsp3) is 0.281. The molecule has 40 heavy (non-hydrogen) atoms. The summed E-state index contributed by atoms with van der Waals surface area (Å²) in [7, 11) is 4.25. The molecule has 208 valence electrons. The van der Waals surface area contributed by atoms with Crippen LogP contribution >= 0.6 is 23.2 Å². The molecule has 0 bridgehead atoms. The number of anilines is 3. The maximum atomic E-state index is 11.3. The Morgan fingerprint density at radius 3 is 2.35 bits per heavy atom. The third-order valence-electron chi connectivity index (χ3n) is 7.09. The van der Waals surface area contributed by atoms with Gasteiger partial charge in [0.05, 0.1) is 38.7 Å². The van der Waals surface area contributed by atoms with Crippen molar-refractivity contribution in [1.29, 1.82) is 0 Å². The molecule has 1 atom stereocenters. The molecule has 1 aliphatic rings. The second-order valence-electron chi connectivity index (χ2n) is 9.91. The van der Waals surface area contributed by atoms with Crippen LogP contribution in [0.1, 0.15) is 43.1 Å². The summed E-state index contributed by atoms with van der Waals surface area (Å²) in [6, 6.07) is 14.2. The number of nitrogens with zero attached hydrogens (tertiary/aromatic N) is 4. The summed E-state index contributed by atoms with van der Waals surface area (Å²) >= 11 is 12.7. The molecule has 1 aliphatic heterocycles. The molecule has 4 aromatic rings. The van der Waals surface area contributed by atoms with E-state index in [0.717, 1.165) is 69.9 Å². The minimum Gasteiger partial charge on any atom is -0.355 e. The first-order valence-electron chi connectivity index (χ1n) is 13.4. The molecule has 0 aliphatic carbocycles. The molecule has 1 N–H and O–H groups in total. The summed E-state index contributed by atoms with van der Waals surface area (Å²) < 4.78 is 0. The Bertz CT molecular complexity index is 1510. The van der Waals surface area contributed by atoms with Crippen LogP contribution in [0.2, 0.25) is 10.0 Å².